The zero-order valence-corrected chi connectivity index (χ0v) is 16.6. The molecule has 4 aromatic rings. The van der Waals surface area contributed by atoms with Gasteiger partial charge in [-0.15, -0.1) is 0 Å². The molecule has 0 spiro atoms. The van der Waals surface area contributed by atoms with Crippen LogP contribution >= 0.6 is 0 Å². The van der Waals surface area contributed by atoms with Crippen LogP contribution in [0.15, 0.2) is 89.7 Å². The molecule has 30 heavy (non-hydrogen) atoms. The molecule has 0 aliphatic heterocycles. The predicted molar refractivity (Wildman–Crippen MR) is 120 cm³/mol. The van der Waals surface area contributed by atoms with Crippen molar-refractivity contribution in [3.05, 3.63) is 106 Å². The Morgan fingerprint density at radius 1 is 0.867 bits per heavy atom. The van der Waals surface area contributed by atoms with Crippen molar-refractivity contribution in [3.8, 4) is 22.4 Å². The molecule has 0 saturated heterocycles. The Balaban J connectivity index is 1.85. The molecule has 0 saturated carbocycles. The molecular weight excluding hydrogens is 374 g/mol. The minimum Gasteiger partial charge on any atom is -0.322 e. The van der Waals surface area contributed by atoms with Crippen LogP contribution in [-0.4, -0.2) is 16.1 Å². The third-order valence-corrected chi connectivity index (χ3v) is 4.94. The first-order valence-electron chi connectivity index (χ1n) is 9.81. The van der Waals surface area contributed by atoms with Crippen molar-refractivity contribution in [2.24, 2.45) is 0 Å². The number of anilines is 1. The van der Waals surface area contributed by atoms with E-state index in [0.717, 1.165) is 17.5 Å². The summed E-state index contributed by atoms with van der Waals surface area (Å²) >= 11 is 0. The number of benzene rings is 3. The molecule has 0 bridgehead atoms. The Kier molecular flexibility index (Phi) is 5.52. The van der Waals surface area contributed by atoms with E-state index in [9.17, 15) is 9.59 Å². The molecule has 0 atom stereocenters. The first-order chi connectivity index (χ1) is 14.7. The van der Waals surface area contributed by atoms with Gasteiger partial charge in [-0.2, -0.15) is 5.10 Å². The number of carbonyl (C=O) groups excluding carboxylic acids is 1. The van der Waals surface area contributed by atoms with E-state index >= 15 is 0 Å². The summed E-state index contributed by atoms with van der Waals surface area (Å²) in [6, 6.07) is 26.5. The smallest absolute Gasteiger partial charge is 0.277 e. The summed E-state index contributed by atoms with van der Waals surface area (Å²) in [5, 5.41) is 9.63. The van der Waals surface area contributed by atoms with Crippen LogP contribution in [0.4, 0.5) is 5.69 Å². The minimum atomic E-state index is -0.531. The summed E-state index contributed by atoms with van der Waals surface area (Å²) < 4.78 is 0. The van der Waals surface area contributed by atoms with Crippen LogP contribution in [0.3, 0.4) is 0 Å². The van der Waals surface area contributed by atoms with E-state index in [1.54, 1.807) is 0 Å². The number of aryl methyl sites for hydroxylation is 1. The maximum atomic E-state index is 13.2. The Labute approximate surface area is 174 Å². The van der Waals surface area contributed by atoms with Gasteiger partial charge in [-0.1, -0.05) is 79.7 Å². The molecule has 148 valence electrons. The van der Waals surface area contributed by atoms with E-state index in [4.69, 9.17) is 0 Å². The average Bonchev–Trinajstić information content (AvgIpc) is 2.80. The lowest BCUT2D eigenvalue weighted by Gasteiger charge is -2.14. The molecule has 0 unspecified atom stereocenters. The molecule has 3 aromatic carbocycles. The van der Waals surface area contributed by atoms with E-state index in [2.05, 4.69) is 22.4 Å². The zero-order valence-electron chi connectivity index (χ0n) is 16.6. The Hall–Kier alpha value is -3.99. The van der Waals surface area contributed by atoms with E-state index in [1.165, 1.54) is 5.56 Å². The van der Waals surface area contributed by atoms with Gasteiger partial charge in [-0.25, -0.2) is 5.10 Å². The molecule has 2 N–H and O–H groups in total. The van der Waals surface area contributed by atoms with Gasteiger partial charge in [-0.3, -0.25) is 9.59 Å². The van der Waals surface area contributed by atoms with Crippen LogP contribution in [0, 0.1) is 0 Å². The molecule has 0 aliphatic rings. The van der Waals surface area contributed by atoms with Gasteiger partial charge < -0.3 is 5.32 Å². The van der Waals surface area contributed by atoms with E-state index < -0.39 is 11.5 Å². The van der Waals surface area contributed by atoms with Crippen LogP contribution in [0.25, 0.3) is 22.4 Å². The third kappa shape index (κ3) is 3.91. The van der Waals surface area contributed by atoms with Crippen LogP contribution in [0.2, 0.25) is 0 Å². The lowest BCUT2D eigenvalue weighted by molar-refractivity contribution is 0.102. The second-order valence-electron chi connectivity index (χ2n) is 6.89. The number of hydrogen-bond acceptors (Lipinski definition) is 3. The zero-order chi connectivity index (χ0) is 20.9. The summed E-state index contributed by atoms with van der Waals surface area (Å²) in [5.74, 6) is -0.473. The van der Waals surface area contributed by atoms with Gasteiger partial charge in [0.15, 0.2) is 0 Å². The lowest BCUT2D eigenvalue weighted by atomic mass is 9.95. The number of H-pyrrole nitrogens is 1. The number of nitrogens with zero attached hydrogens (tertiary/aromatic N) is 1. The quantitative estimate of drug-likeness (QED) is 0.504. The second kappa shape index (κ2) is 8.57. The number of hydrogen-bond donors (Lipinski definition) is 2. The second-order valence-corrected chi connectivity index (χ2v) is 6.89. The van der Waals surface area contributed by atoms with Crippen molar-refractivity contribution in [2.45, 2.75) is 13.3 Å². The number of amides is 1. The van der Waals surface area contributed by atoms with Gasteiger partial charge in [0, 0.05) is 16.8 Å². The van der Waals surface area contributed by atoms with Gasteiger partial charge in [0.2, 0.25) is 0 Å². The molecule has 1 heterocycles. The molecular formula is C25H21N3O2. The highest BCUT2D eigenvalue weighted by Gasteiger charge is 2.23. The monoisotopic (exact) mass is 395 g/mol. The highest BCUT2D eigenvalue weighted by molar-refractivity contribution is 6.10. The van der Waals surface area contributed by atoms with Crippen molar-refractivity contribution in [2.75, 3.05) is 5.32 Å². The largest absolute Gasteiger partial charge is 0.322 e. The van der Waals surface area contributed by atoms with Crippen molar-refractivity contribution in [1.82, 2.24) is 10.2 Å². The van der Waals surface area contributed by atoms with E-state index in [1.807, 2.05) is 84.9 Å². The van der Waals surface area contributed by atoms with Gasteiger partial charge in [0.1, 0.15) is 5.56 Å². The van der Waals surface area contributed by atoms with Crippen molar-refractivity contribution < 1.29 is 4.79 Å². The number of rotatable bonds is 5. The third-order valence-electron chi connectivity index (χ3n) is 4.94. The molecule has 1 amide bonds. The van der Waals surface area contributed by atoms with Gasteiger partial charge in [0.05, 0.1) is 5.69 Å². The average molecular weight is 395 g/mol. The molecule has 0 radical (unpaired) electrons. The fourth-order valence-electron chi connectivity index (χ4n) is 3.38. The maximum Gasteiger partial charge on any atom is 0.277 e. The standard InChI is InChI=1S/C25H21N3O2/c1-2-17-13-15-20(16-14-17)26-24(29)22-21(18-9-5-3-6-10-18)23(27-28-25(22)30)19-11-7-4-8-12-19/h3-16H,2H2,1H3,(H,26,29)(H,28,30). The first-order valence-corrected chi connectivity index (χ1v) is 9.81. The summed E-state index contributed by atoms with van der Waals surface area (Å²) in [7, 11) is 0. The number of carbonyl (C=O) groups is 1. The molecule has 5 nitrogen and oxygen atoms in total. The fraction of sp³-hybridized carbons (Fsp3) is 0.0800. The van der Waals surface area contributed by atoms with E-state index in [0.29, 0.717) is 16.9 Å². The first kappa shape index (κ1) is 19.3. The topological polar surface area (TPSA) is 74.8 Å². The number of nitrogens with one attached hydrogen (secondary N) is 2. The summed E-state index contributed by atoms with van der Waals surface area (Å²) in [6.07, 6.45) is 0.914. The van der Waals surface area contributed by atoms with Crippen molar-refractivity contribution in [3.63, 3.8) is 0 Å². The summed E-state index contributed by atoms with van der Waals surface area (Å²) in [4.78, 5) is 26.0. The number of aromatic amines is 1. The summed E-state index contributed by atoms with van der Waals surface area (Å²) in [6.45, 7) is 2.07. The number of aromatic nitrogens is 2. The minimum absolute atomic E-state index is 0.0367. The summed E-state index contributed by atoms with van der Waals surface area (Å²) in [5.41, 5.74) is 3.93. The molecule has 1 aromatic heterocycles. The SMILES string of the molecule is CCc1ccc(NC(=O)c2c(-c3ccccc3)c(-c3ccccc3)n[nH]c2=O)cc1. The van der Waals surface area contributed by atoms with Crippen LogP contribution in [0.1, 0.15) is 22.8 Å². The molecule has 5 heteroatoms. The van der Waals surface area contributed by atoms with E-state index in [-0.39, 0.29) is 5.56 Å². The van der Waals surface area contributed by atoms with Crippen LogP contribution < -0.4 is 10.9 Å². The lowest BCUT2D eigenvalue weighted by Crippen LogP contribution is -2.26. The normalized spacial score (nSPS) is 10.6. The Bertz CT molecular complexity index is 1210. The molecule has 0 fully saturated rings. The Morgan fingerprint density at radius 3 is 2.07 bits per heavy atom. The van der Waals surface area contributed by atoms with Crippen molar-refractivity contribution in [1.29, 1.82) is 0 Å². The fourth-order valence-corrected chi connectivity index (χ4v) is 3.38. The Morgan fingerprint density at radius 2 is 1.47 bits per heavy atom. The molecule has 4 rings (SSSR count). The van der Waals surface area contributed by atoms with Gasteiger partial charge in [-0.05, 0) is 29.7 Å². The van der Waals surface area contributed by atoms with Crippen LogP contribution in [-0.2, 0) is 6.42 Å². The maximum absolute atomic E-state index is 13.2. The van der Waals surface area contributed by atoms with Crippen molar-refractivity contribution >= 4 is 11.6 Å². The predicted octanol–water partition coefficient (Wildman–Crippen LogP) is 4.92. The molecule has 0 aliphatic carbocycles. The highest BCUT2D eigenvalue weighted by Crippen LogP contribution is 2.31. The van der Waals surface area contributed by atoms with Gasteiger partial charge in [0.25, 0.3) is 11.5 Å². The van der Waals surface area contributed by atoms with Gasteiger partial charge >= 0.3 is 0 Å². The van der Waals surface area contributed by atoms with Crippen LogP contribution in [0.5, 0.6) is 0 Å². The highest BCUT2D eigenvalue weighted by atomic mass is 16.2.